The van der Waals surface area contributed by atoms with Crippen LogP contribution in [0.3, 0.4) is 0 Å². The molecule has 31 heavy (non-hydrogen) atoms. The van der Waals surface area contributed by atoms with Gasteiger partial charge in [0.25, 0.3) is 0 Å². The minimum Gasteiger partial charge on any atom is -0.322 e. The summed E-state index contributed by atoms with van der Waals surface area (Å²) in [4.78, 5) is 0. The molecule has 2 fully saturated rings. The normalized spacial score (nSPS) is 21.7. The van der Waals surface area contributed by atoms with Crippen molar-refractivity contribution in [3.05, 3.63) is 46.8 Å². The second kappa shape index (κ2) is 14.9. The van der Waals surface area contributed by atoms with Crippen molar-refractivity contribution in [3.8, 4) is 0 Å². The fourth-order valence-corrected chi connectivity index (χ4v) is 10.6. The van der Waals surface area contributed by atoms with Gasteiger partial charge in [-0.2, -0.15) is 12.2 Å². The minimum absolute atomic E-state index is 0. The second-order valence-electron chi connectivity index (χ2n) is 9.61. The van der Waals surface area contributed by atoms with E-state index in [0.717, 1.165) is 12.8 Å². The van der Waals surface area contributed by atoms with Gasteiger partial charge in [0.05, 0.1) is 0 Å². The van der Waals surface area contributed by atoms with Crippen molar-refractivity contribution >= 4 is 41.3 Å². The van der Waals surface area contributed by atoms with E-state index in [2.05, 4.69) is 71.8 Å². The number of piperidine rings is 2. The van der Waals surface area contributed by atoms with Crippen LogP contribution in [-0.2, 0) is 25.8 Å². The molecule has 0 aromatic heterocycles. The molecule has 0 N–H and O–H groups in total. The average molecular weight is 664 g/mol. The van der Waals surface area contributed by atoms with Crippen LogP contribution in [0.5, 0.6) is 0 Å². The van der Waals surface area contributed by atoms with Gasteiger partial charge in [-0.3, -0.25) is 12.2 Å². The zero-order valence-corrected chi connectivity index (χ0v) is 27.2. The van der Waals surface area contributed by atoms with E-state index in [1.165, 1.54) is 75.1 Å². The van der Waals surface area contributed by atoms with Crippen LogP contribution < -0.4 is 0 Å². The molecule has 2 heterocycles. The molecule has 2 aliphatic heterocycles. The predicted molar refractivity (Wildman–Crippen MR) is 141 cm³/mol. The largest absolute Gasteiger partial charge is 0.322 e. The van der Waals surface area contributed by atoms with Gasteiger partial charge in [0.1, 0.15) is 16.5 Å². The van der Waals surface area contributed by atoms with E-state index in [1.807, 2.05) is 0 Å². The van der Waals surface area contributed by atoms with Crippen molar-refractivity contribution in [2.75, 3.05) is 26.2 Å². The first-order chi connectivity index (χ1) is 13.4. The SMILES string of the molecule is C[Si](C)(C1=[C-]CC=C1)N1CCCCC1.C[Si](C)(C1=[C-]CC=C1)N1CCCCC1.Cl.Cl.[Hf]. The summed E-state index contributed by atoms with van der Waals surface area (Å²) < 4.78 is 5.49. The number of halogens is 2. The molecule has 0 amide bonds. The van der Waals surface area contributed by atoms with Gasteiger partial charge in [0.15, 0.2) is 0 Å². The Morgan fingerprint density at radius 3 is 1.19 bits per heavy atom. The molecule has 0 aromatic carbocycles. The van der Waals surface area contributed by atoms with Gasteiger partial charge >= 0.3 is 0 Å². The number of rotatable bonds is 4. The van der Waals surface area contributed by atoms with Crippen LogP contribution in [0.25, 0.3) is 0 Å². The van der Waals surface area contributed by atoms with Gasteiger partial charge in [-0.05, 0) is 51.9 Å². The number of hydrogen-bond acceptors (Lipinski definition) is 2. The van der Waals surface area contributed by atoms with Gasteiger partial charge in [0, 0.05) is 25.8 Å². The summed E-state index contributed by atoms with van der Waals surface area (Å²) in [5.41, 5.74) is 0. The van der Waals surface area contributed by atoms with Gasteiger partial charge in [-0.15, -0.1) is 37.7 Å². The molecule has 0 saturated carbocycles. The van der Waals surface area contributed by atoms with Crippen molar-refractivity contribution in [2.45, 2.75) is 77.6 Å². The molecule has 4 aliphatic rings. The number of nitrogens with zero attached hydrogens (tertiary/aromatic N) is 2. The zero-order valence-electron chi connectivity index (χ0n) is 20.0. The van der Waals surface area contributed by atoms with Crippen LogP contribution in [0, 0.1) is 12.2 Å². The van der Waals surface area contributed by atoms with E-state index in [-0.39, 0.29) is 50.7 Å². The number of hydrogen-bond donors (Lipinski definition) is 0. The molecule has 176 valence electrons. The van der Waals surface area contributed by atoms with E-state index >= 15 is 0 Å². The Morgan fingerprint density at radius 2 is 0.935 bits per heavy atom. The molecule has 0 radical (unpaired) electrons. The Labute approximate surface area is 225 Å². The number of allylic oxidation sites excluding steroid dienone is 8. The molecule has 0 aromatic rings. The van der Waals surface area contributed by atoms with Gasteiger partial charge in [0.2, 0.25) is 0 Å². The van der Waals surface area contributed by atoms with Crippen molar-refractivity contribution in [1.82, 2.24) is 9.13 Å². The summed E-state index contributed by atoms with van der Waals surface area (Å²) in [5, 5.41) is 3.05. The average Bonchev–Trinajstić information content (AvgIpc) is 3.44. The maximum atomic E-state index is 3.52. The predicted octanol–water partition coefficient (Wildman–Crippen LogP) is 6.65. The Bertz CT molecular complexity index is 592. The van der Waals surface area contributed by atoms with Gasteiger partial charge < -0.3 is 9.13 Å². The van der Waals surface area contributed by atoms with Crippen molar-refractivity contribution in [1.29, 1.82) is 0 Å². The van der Waals surface area contributed by atoms with Crippen LogP contribution in [-0.4, -0.2) is 51.8 Å². The molecule has 7 heteroatoms. The molecule has 0 bridgehead atoms. The van der Waals surface area contributed by atoms with Gasteiger partial charge in [-0.1, -0.05) is 39.0 Å². The van der Waals surface area contributed by atoms with Crippen LogP contribution in [0.15, 0.2) is 34.7 Å². The molecule has 0 unspecified atom stereocenters. The van der Waals surface area contributed by atoms with Crippen molar-refractivity contribution in [2.24, 2.45) is 0 Å². The van der Waals surface area contributed by atoms with E-state index in [1.54, 1.807) is 0 Å². The minimum atomic E-state index is -1.32. The summed E-state index contributed by atoms with van der Waals surface area (Å²) in [5.74, 6) is 0. The van der Waals surface area contributed by atoms with Crippen molar-refractivity contribution < 1.29 is 25.8 Å². The Hall–Kier alpha value is 0.764. The summed E-state index contributed by atoms with van der Waals surface area (Å²) in [6, 6.07) is 0. The van der Waals surface area contributed by atoms with E-state index in [0.29, 0.717) is 0 Å². The topological polar surface area (TPSA) is 6.48 Å². The summed E-state index contributed by atoms with van der Waals surface area (Å²) in [7, 11) is -2.63. The third-order valence-corrected chi connectivity index (χ3v) is 14.4. The maximum Gasteiger partial charge on any atom is 0.117 e. The van der Waals surface area contributed by atoms with Crippen LogP contribution in [0.1, 0.15) is 51.4 Å². The van der Waals surface area contributed by atoms with E-state index in [9.17, 15) is 0 Å². The molecule has 2 nitrogen and oxygen atoms in total. The van der Waals surface area contributed by atoms with E-state index in [4.69, 9.17) is 0 Å². The summed E-state index contributed by atoms with van der Waals surface area (Å²) >= 11 is 0. The smallest absolute Gasteiger partial charge is 0.117 e. The first-order valence-corrected chi connectivity index (χ1v) is 17.4. The fraction of sp³-hybridized carbons (Fsp3) is 0.667. The first-order valence-electron chi connectivity index (χ1n) is 11.5. The third kappa shape index (κ3) is 8.49. The molecule has 0 atom stereocenters. The molecule has 4 rings (SSSR count). The molecule has 2 aliphatic carbocycles. The third-order valence-electron chi connectivity index (χ3n) is 7.00. The Kier molecular flexibility index (Phi) is 15.3. The van der Waals surface area contributed by atoms with Gasteiger partial charge in [-0.25, -0.2) is 22.5 Å². The monoisotopic (exact) mass is 664 g/mol. The Balaban J connectivity index is 0.000000529. The second-order valence-corrected chi connectivity index (χ2v) is 18.2. The van der Waals surface area contributed by atoms with Crippen LogP contribution >= 0.6 is 24.8 Å². The zero-order chi connectivity index (χ0) is 20.0. The molecule has 0 spiro atoms. The standard InChI is InChI=1S/2C12H20NSi.2ClH.Hf/c2*1-14(2,12-8-4-5-9-12)13-10-6-3-7-11-13;;;/h2*4,8H,3,5-7,10-11H2,1-2H3;2*1H;/q2*-1;;;. The summed E-state index contributed by atoms with van der Waals surface area (Å²) in [6.07, 6.45) is 26.7. The molecule has 2 saturated heterocycles. The van der Waals surface area contributed by atoms with Crippen LogP contribution in [0.4, 0.5) is 0 Å². The quantitative estimate of drug-likeness (QED) is 0.246. The molecular weight excluding hydrogens is 622 g/mol. The van der Waals surface area contributed by atoms with Crippen molar-refractivity contribution in [3.63, 3.8) is 0 Å². The summed E-state index contributed by atoms with van der Waals surface area (Å²) in [6.45, 7) is 15.1. The maximum absolute atomic E-state index is 3.52. The molecular formula is C24H42Cl2HfN2Si2-2. The fourth-order valence-electron chi connectivity index (χ4n) is 4.90. The van der Waals surface area contributed by atoms with Crippen LogP contribution in [0.2, 0.25) is 26.2 Å². The Morgan fingerprint density at radius 1 is 0.613 bits per heavy atom. The first kappa shape index (κ1) is 31.8. The van der Waals surface area contributed by atoms with E-state index < -0.39 is 16.5 Å².